The SMILES string of the molecule is Cc1cncc(NS(=O)(=O)c2cccc(C(C)N)c2)c1. The second kappa shape index (κ2) is 5.60. The lowest BCUT2D eigenvalue weighted by Crippen LogP contribution is -2.14. The molecule has 106 valence electrons. The third kappa shape index (κ3) is 3.34. The first-order valence-electron chi connectivity index (χ1n) is 6.18. The van der Waals surface area contributed by atoms with Crippen LogP contribution in [-0.2, 0) is 10.0 Å². The summed E-state index contributed by atoms with van der Waals surface area (Å²) in [5.41, 5.74) is 7.87. The molecular weight excluding hydrogens is 274 g/mol. The molecule has 0 saturated carbocycles. The quantitative estimate of drug-likeness (QED) is 0.904. The normalized spacial score (nSPS) is 12.9. The molecule has 1 aromatic carbocycles. The largest absolute Gasteiger partial charge is 0.324 e. The highest BCUT2D eigenvalue weighted by molar-refractivity contribution is 7.92. The highest BCUT2D eigenvalue weighted by Gasteiger charge is 2.15. The molecule has 20 heavy (non-hydrogen) atoms. The second-order valence-corrected chi connectivity index (χ2v) is 6.40. The lowest BCUT2D eigenvalue weighted by Gasteiger charge is -2.11. The fourth-order valence-electron chi connectivity index (χ4n) is 1.79. The van der Waals surface area contributed by atoms with Gasteiger partial charge in [-0.05, 0) is 43.2 Å². The van der Waals surface area contributed by atoms with Crippen molar-refractivity contribution in [3.63, 3.8) is 0 Å². The van der Waals surface area contributed by atoms with E-state index in [1.165, 1.54) is 12.3 Å². The van der Waals surface area contributed by atoms with Crippen LogP contribution in [0.3, 0.4) is 0 Å². The van der Waals surface area contributed by atoms with Crippen LogP contribution in [0, 0.1) is 6.92 Å². The summed E-state index contributed by atoms with van der Waals surface area (Å²) >= 11 is 0. The third-order valence-electron chi connectivity index (χ3n) is 2.82. The summed E-state index contributed by atoms with van der Waals surface area (Å²) in [4.78, 5) is 4.15. The minimum Gasteiger partial charge on any atom is -0.324 e. The monoisotopic (exact) mass is 291 g/mol. The fraction of sp³-hybridized carbons (Fsp3) is 0.214. The molecule has 1 aromatic heterocycles. The van der Waals surface area contributed by atoms with Gasteiger partial charge < -0.3 is 5.73 Å². The molecule has 5 nitrogen and oxygen atoms in total. The number of nitrogens with two attached hydrogens (primary N) is 1. The van der Waals surface area contributed by atoms with E-state index in [-0.39, 0.29) is 10.9 Å². The Morgan fingerprint density at radius 1 is 1.25 bits per heavy atom. The summed E-state index contributed by atoms with van der Waals surface area (Å²) in [5.74, 6) is 0. The Hall–Kier alpha value is -1.92. The first-order chi connectivity index (χ1) is 9.38. The predicted octanol–water partition coefficient (Wildman–Crippen LogP) is 2.21. The van der Waals surface area contributed by atoms with Crippen LogP contribution in [0.2, 0.25) is 0 Å². The Balaban J connectivity index is 2.33. The molecule has 0 fully saturated rings. The van der Waals surface area contributed by atoms with Gasteiger partial charge in [0.05, 0.1) is 16.8 Å². The summed E-state index contributed by atoms with van der Waals surface area (Å²) < 4.78 is 27.1. The van der Waals surface area contributed by atoms with Crippen molar-refractivity contribution in [3.05, 3.63) is 53.9 Å². The van der Waals surface area contributed by atoms with Gasteiger partial charge in [0.25, 0.3) is 10.0 Å². The van der Waals surface area contributed by atoms with Crippen molar-refractivity contribution in [2.24, 2.45) is 5.73 Å². The van der Waals surface area contributed by atoms with E-state index in [9.17, 15) is 8.42 Å². The Morgan fingerprint density at radius 3 is 2.65 bits per heavy atom. The maximum atomic E-state index is 12.3. The number of aromatic nitrogens is 1. The number of benzene rings is 1. The average molecular weight is 291 g/mol. The van der Waals surface area contributed by atoms with Gasteiger partial charge in [-0.3, -0.25) is 9.71 Å². The van der Waals surface area contributed by atoms with Crippen molar-refractivity contribution in [2.45, 2.75) is 24.8 Å². The maximum Gasteiger partial charge on any atom is 0.261 e. The van der Waals surface area contributed by atoms with Crippen LogP contribution < -0.4 is 10.5 Å². The number of nitrogens with one attached hydrogen (secondary N) is 1. The Bertz CT molecular complexity index is 712. The third-order valence-corrected chi connectivity index (χ3v) is 4.20. The van der Waals surface area contributed by atoms with E-state index in [0.717, 1.165) is 11.1 Å². The van der Waals surface area contributed by atoms with Crippen molar-refractivity contribution in [1.82, 2.24) is 4.98 Å². The van der Waals surface area contributed by atoms with E-state index in [1.54, 1.807) is 30.5 Å². The van der Waals surface area contributed by atoms with Crippen molar-refractivity contribution in [3.8, 4) is 0 Å². The van der Waals surface area contributed by atoms with E-state index in [2.05, 4.69) is 9.71 Å². The first-order valence-corrected chi connectivity index (χ1v) is 7.67. The van der Waals surface area contributed by atoms with Crippen LogP contribution >= 0.6 is 0 Å². The first kappa shape index (κ1) is 14.5. The van der Waals surface area contributed by atoms with Crippen LogP contribution in [0.5, 0.6) is 0 Å². The van der Waals surface area contributed by atoms with Gasteiger partial charge in [-0.2, -0.15) is 0 Å². The number of hydrogen-bond donors (Lipinski definition) is 2. The van der Waals surface area contributed by atoms with Crippen molar-refractivity contribution in [2.75, 3.05) is 4.72 Å². The maximum absolute atomic E-state index is 12.3. The lowest BCUT2D eigenvalue weighted by atomic mass is 10.1. The number of anilines is 1. The summed E-state index contributed by atoms with van der Waals surface area (Å²) in [7, 11) is -3.63. The molecule has 0 amide bonds. The van der Waals surface area contributed by atoms with Crippen LogP contribution in [0.15, 0.2) is 47.6 Å². The topological polar surface area (TPSA) is 85.1 Å². The molecule has 0 aliphatic carbocycles. The lowest BCUT2D eigenvalue weighted by molar-refractivity contribution is 0.601. The van der Waals surface area contributed by atoms with Gasteiger partial charge >= 0.3 is 0 Å². The molecule has 0 radical (unpaired) electrons. The van der Waals surface area contributed by atoms with Gasteiger partial charge in [0, 0.05) is 12.2 Å². The molecule has 0 saturated heterocycles. The number of sulfonamides is 1. The molecule has 1 atom stereocenters. The van der Waals surface area contributed by atoms with Crippen molar-refractivity contribution in [1.29, 1.82) is 0 Å². The zero-order chi connectivity index (χ0) is 14.8. The molecule has 0 bridgehead atoms. The summed E-state index contributed by atoms with van der Waals surface area (Å²) in [6.07, 6.45) is 3.13. The Morgan fingerprint density at radius 2 is 2.00 bits per heavy atom. The van der Waals surface area contributed by atoms with Crippen LogP contribution in [0.25, 0.3) is 0 Å². The van der Waals surface area contributed by atoms with Gasteiger partial charge in [0.1, 0.15) is 0 Å². The Kier molecular flexibility index (Phi) is 4.06. The number of pyridine rings is 1. The molecule has 1 unspecified atom stereocenters. The predicted molar refractivity (Wildman–Crippen MR) is 78.8 cm³/mol. The number of hydrogen-bond acceptors (Lipinski definition) is 4. The minimum atomic E-state index is -3.63. The molecule has 3 N–H and O–H groups in total. The van der Waals surface area contributed by atoms with Gasteiger partial charge in [-0.25, -0.2) is 8.42 Å². The molecule has 2 aromatic rings. The molecule has 6 heteroatoms. The number of aryl methyl sites for hydroxylation is 1. The van der Waals surface area contributed by atoms with Crippen molar-refractivity contribution < 1.29 is 8.42 Å². The van der Waals surface area contributed by atoms with E-state index in [0.29, 0.717) is 5.69 Å². The fourth-order valence-corrected chi connectivity index (χ4v) is 2.88. The van der Waals surface area contributed by atoms with Crippen LogP contribution in [-0.4, -0.2) is 13.4 Å². The van der Waals surface area contributed by atoms with Crippen molar-refractivity contribution >= 4 is 15.7 Å². The molecule has 0 aliphatic rings. The highest BCUT2D eigenvalue weighted by atomic mass is 32.2. The summed E-state index contributed by atoms with van der Waals surface area (Å²) in [5, 5.41) is 0. The summed E-state index contributed by atoms with van der Waals surface area (Å²) in [6.45, 7) is 3.66. The molecular formula is C14H17N3O2S. The number of rotatable bonds is 4. The van der Waals surface area contributed by atoms with E-state index in [1.807, 2.05) is 13.8 Å². The van der Waals surface area contributed by atoms with E-state index < -0.39 is 10.0 Å². The zero-order valence-corrected chi connectivity index (χ0v) is 12.2. The smallest absolute Gasteiger partial charge is 0.261 e. The van der Waals surface area contributed by atoms with Crippen LogP contribution in [0.4, 0.5) is 5.69 Å². The highest BCUT2D eigenvalue weighted by Crippen LogP contribution is 2.19. The van der Waals surface area contributed by atoms with Gasteiger partial charge in [0.15, 0.2) is 0 Å². The van der Waals surface area contributed by atoms with E-state index in [4.69, 9.17) is 5.73 Å². The zero-order valence-electron chi connectivity index (χ0n) is 11.4. The molecule has 0 spiro atoms. The number of nitrogens with zero attached hydrogens (tertiary/aromatic N) is 1. The van der Waals surface area contributed by atoms with Gasteiger partial charge in [-0.1, -0.05) is 12.1 Å². The summed E-state index contributed by atoms with van der Waals surface area (Å²) in [6, 6.07) is 8.11. The molecule has 1 heterocycles. The van der Waals surface area contributed by atoms with Crippen LogP contribution in [0.1, 0.15) is 24.1 Å². The average Bonchev–Trinajstić information content (AvgIpc) is 2.38. The Labute approximate surface area is 118 Å². The minimum absolute atomic E-state index is 0.189. The second-order valence-electron chi connectivity index (χ2n) is 4.72. The standard InChI is InChI=1S/C14H17N3O2S/c1-10-6-13(9-16-8-10)17-20(18,19)14-5-3-4-12(7-14)11(2)15/h3-9,11,17H,15H2,1-2H3. The van der Waals surface area contributed by atoms with E-state index >= 15 is 0 Å². The molecule has 2 rings (SSSR count). The van der Waals surface area contributed by atoms with Gasteiger partial charge in [-0.15, -0.1) is 0 Å². The molecule has 0 aliphatic heterocycles. The van der Waals surface area contributed by atoms with Gasteiger partial charge in [0.2, 0.25) is 0 Å².